The van der Waals surface area contributed by atoms with Gasteiger partial charge >= 0.3 is 6.03 Å². The molecule has 0 fully saturated rings. The monoisotopic (exact) mass is 461 g/mol. The van der Waals surface area contributed by atoms with Crippen molar-refractivity contribution in [2.24, 2.45) is 0 Å². The van der Waals surface area contributed by atoms with Crippen LogP contribution in [0.2, 0.25) is 0 Å². The number of nitro groups is 1. The van der Waals surface area contributed by atoms with Gasteiger partial charge in [0.1, 0.15) is 0 Å². The molecule has 1 aromatic carbocycles. The van der Waals surface area contributed by atoms with E-state index < -0.39 is 16.9 Å². The molecular formula is C26H43N3O4. The van der Waals surface area contributed by atoms with E-state index in [4.69, 9.17) is 0 Å². The number of unbranched alkanes of at least 4 members (excludes halogenated alkanes) is 15. The first-order valence-electron chi connectivity index (χ1n) is 12.9. The molecule has 0 heterocycles. The maximum absolute atomic E-state index is 12.0. The maximum atomic E-state index is 12.0. The van der Waals surface area contributed by atoms with E-state index in [-0.39, 0.29) is 11.3 Å². The van der Waals surface area contributed by atoms with Gasteiger partial charge in [-0.25, -0.2) is 4.79 Å². The zero-order chi connectivity index (χ0) is 24.2. The molecule has 0 saturated heterocycles. The van der Waals surface area contributed by atoms with Gasteiger partial charge in [-0.2, -0.15) is 0 Å². The number of urea groups is 1. The Hall–Kier alpha value is -2.44. The quantitative estimate of drug-likeness (QED) is 0.128. The van der Waals surface area contributed by atoms with E-state index >= 15 is 0 Å². The maximum Gasteiger partial charge on any atom is 0.321 e. The number of non-ortho nitro benzene ring substituents is 1. The predicted octanol–water partition coefficient (Wildman–Crippen LogP) is 7.30. The lowest BCUT2D eigenvalue weighted by molar-refractivity contribution is -0.384. The third kappa shape index (κ3) is 15.1. The first-order valence-corrected chi connectivity index (χ1v) is 12.9. The van der Waals surface area contributed by atoms with Crippen LogP contribution >= 0.6 is 0 Å². The molecule has 3 amide bonds. The molecule has 0 aliphatic heterocycles. The highest BCUT2D eigenvalue weighted by atomic mass is 16.6. The Morgan fingerprint density at radius 1 is 0.788 bits per heavy atom. The van der Waals surface area contributed by atoms with Gasteiger partial charge in [0.25, 0.3) is 11.6 Å². The number of nitrogens with zero attached hydrogens (tertiary/aromatic N) is 1. The number of imide groups is 1. The smallest absolute Gasteiger partial charge is 0.321 e. The van der Waals surface area contributed by atoms with Gasteiger partial charge in [-0.15, -0.1) is 0 Å². The molecule has 0 aliphatic rings. The summed E-state index contributed by atoms with van der Waals surface area (Å²) in [5.74, 6) is -0.650. The number of carbonyl (C=O) groups excluding carboxylic acids is 2. The number of rotatable bonds is 19. The van der Waals surface area contributed by atoms with Crippen LogP contribution in [0.1, 0.15) is 120 Å². The molecule has 186 valence electrons. The average Bonchev–Trinajstić information content (AvgIpc) is 2.81. The van der Waals surface area contributed by atoms with E-state index in [1.807, 2.05) is 0 Å². The molecule has 2 N–H and O–H groups in total. The number of hydrogen-bond donors (Lipinski definition) is 2. The third-order valence-corrected chi connectivity index (χ3v) is 5.86. The van der Waals surface area contributed by atoms with Crippen molar-refractivity contribution >= 4 is 17.6 Å². The predicted molar refractivity (Wildman–Crippen MR) is 134 cm³/mol. The molecule has 0 radical (unpaired) electrons. The number of hydrogen-bond acceptors (Lipinski definition) is 4. The van der Waals surface area contributed by atoms with Crippen LogP contribution in [0.5, 0.6) is 0 Å². The van der Waals surface area contributed by atoms with Crippen molar-refractivity contribution in [1.29, 1.82) is 0 Å². The normalized spacial score (nSPS) is 10.7. The van der Waals surface area contributed by atoms with Crippen LogP contribution in [0.4, 0.5) is 10.5 Å². The Morgan fingerprint density at radius 3 is 1.76 bits per heavy atom. The van der Waals surface area contributed by atoms with Crippen molar-refractivity contribution in [3.05, 3.63) is 39.9 Å². The Labute approximate surface area is 199 Å². The van der Waals surface area contributed by atoms with Crippen LogP contribution in [-0.2, 0) is 0 Å². The van der Waals surface area contributed by atoms with Crippen molar-refractivity contribution < 1.29 is 14.5 Å². The van der Waals surface area contributed by atoms with Crippen LogP contribution in [0, 0.1) is 10.1 Å². The zero-order valence-electron chi connectivity index (χ0n) is 20.4. The molecule has 0 spiro atoms. The molecule has 1 rings (SSSR count). The van der Waals surface area contributed by atoms with E-state index in [0.29, 0.717) is 6.54 Å². The van der Waals surface area contributed by atoms with Gasteiger partial charge in [-0.3, -0.25) is 20.2 Å². The van der Waals surface area contributed by atoms with Crippen LogP contribution in [0.15, 0.2) is 24.3 Å². The van der Waals surface area contributed by atoms with Gasteiger partial charge in [-0.05, 0) is 12.5 Å². The van der Waals surface area contributed by atoms with Crippen molar-refractivity contribution in [3.63, 3.8) is 0 Å². The fourth-order valence-electron chi connectivity index (χ4n) is 3.86. The summed E-state index contributed by atoms with van der Waals surface area (Å²) in [7, 11) is 0. The summed E-state index contributed by atoms with van der Waals surface area (Å²) in [4.78, 5) is 34.0. The Bertz CT molecular complexity index is 694. The average molecular weight is 462 g/mol. The Balaban J connectivity index is 1.91. The fraction of sp³-hybridized carbons (Fsp3) is 0.692. The summed E-state index contributed by atoms with van der Waals surface area (Å²) < 4.78 is 0. The van der Waals surface area contributed by atoms with E-state index in [9.17, 15) is 19.7 Å². The zero-order valence-corrected chi connectivity index (χ0v) is 20.4. The van der Waals surface area contributed by atoms with E-state index in [0.717, 1.165) is 25.3 Å². The van der Waals surface area contributed by atoms with Crippen molar-refractivity contribution in [2.75, 3.05) is 6.54 Å². The summed E-state index contributed by atoms with van der Waals surface area (Å²) >= 11 is 0. The molecule has 0 unspecified atom stereocenters. The minimum atomic E-state index is -0.650. The standard InChI is InChI=1S/C26H43N3O4/c1-2-3-4-5-6-7-8-9-10-11-12-13-14-15-16-17-21-27-26(31)28-25(30)23-19-18-20-24(22-23)29(32)33/h18-20,22H,2-17,21H2,1H3,(H2,27,28,30,31). The van der Waals surface area contributed by atoms with Crippen molar-refractivity contribution in [2.45, 2.75) is 110 Å². The van der Waals surface area contributed by atoms with Crippen LogP contribution in [-0.4, -0.2) is 23.4 Å². The first-order chi connectivity index (χ1) is 16.0. The van der Waals surface area contributed by atoms with Gasteiger partial charge in [-0.1, -0.05) is 109 Å². The van der Waals surface area contributed by atoms with Crippen molar-refractivity contribution in [3.8, 4) is 0 Å². The molecule has 7 nitrogen and oxygen atoms in total. The number of carbonyl (C=O) groups is 2. The summed E-state index contributed by atoms with van der Waals surface area (Å²) in [5.41, 5.74) is -0.0991. The first kappa shape index (κ1) is 28.6. The summed E-state index contributed by atoms with van der Waals surface area (Å²) in [5, 5.41) is 15.6. The second kappa shape index (κ2) is 19.1. The highest BCUT2D eigenvalue weighted by Gasteiger charge is 2.13. The molecule has 0 aromatic heterocycles. The molecule has 33 heavy (non-hydrogen) atoms. The summed E-state index contributed by atoms with van der Waals surface area (Å²) in [6, 6.07) is 4.73. The molecule has 0 aliphatic carbocycles. The number of nitro benzene ring substituents is 1. The van der Waals surface area contributed by atoms with E-state index in [1.165, 1.54) is 102 Å². The van der Waals surface area contributed by atoms with Gasteiger partial charge in [0, 0.05) is 24.2 Å². The second-order valence-electron chi connectivity index (χ2n) is 8.82. The van der Waals surface area contributed by atoms with Crippen LogP contribution in [0.3, 0.4) is 0 Å². The Kier molecular flexibility index (Phi) is 16.5. The molecular weight excluding hydrogens is 418 g/mol. The lowest BCUT2D eigenvalue weighted by Crippen LogP contribution is -2.39. The largest absolute Gasteiger partial charge is 0.338 e. The molecule has 1 aromatic rings. The fourth-order valence-corrected chi connectivity index (χ4v) is 3.86. The molecule has 0 bridgehead atoms. The van der Waals surface area contributed by atoms with Crippen LogP contribution < -0.4 is 10.6 Å². The minimum absolute atomic E-state index is 0.0850. The van der Waals surface area contributed by atoms with Gasteiger partial charge in [0.15, 0.2) is 0 Å². The number of nitrogens with one attached hydrogen (secondary N) is 2. The van der Waals surface area contributed by atoms with Crippen LogP contribution in [0.25, 0.3) is 0 Å². The topological polar surface area (TPSA) is 101 Å². The van der Waals surface area contributed by atoms with Crippen molar-refractivity contribution in [1.82, 2.24) is 10.6 Å². The molecule has 0 atom stereocenters. The summed E-state index contributed by atoms with van der Waals surface area (Å²) in [6.07, 6.45) is 20.7. The highest BCUT2D eigenvalue weighted by molar-refractivity contribution is 6.04. The van der Waals surface area contributed by atoms with Gasteiger partial charge in [0.05, 0.1) is 4.92 Å². The third-order valence-electron chi connectivity index (χ3n) is 5.86. The van der Waals surface area contributed by atoms with E-state index in [2.05, 4.69) is 17.6 Å². The van der Waals surface area contributed by atoms with Gasteiger partial charge < -0.3 is 5.32 Å². The Morgan fingerprint density at radius 2 is 1.27 bits per heavy atom. The van der Waals surface area contributed by atoms with E-state index in [1.54, 1.807) is 0 Å². The number of benzene rings is 1. The minimum Gasteiger partial charge on any atom is -0.338 e. The number of amides is 3. The lowest BCUT2D eigenvalue weighted by atomic mass is 10.0. The lowest BCUT2D eigenvalue weighted by Gasteiger charge is -2.07. The summed E-state index contributed by atoms with van der Waals surface area (Å²) in [6.45, 7) is 2.77. The second-order valence-corrected chi connectivity index (χ2v) is 8.82. The van der Waals surface area contributed by atoms with Gasteiger partial charge in [0.2, 0.25) is 0 Å². The SMILES string of the molecule is CCCCCCCCCCCCCCCCCCNC(=O)NC(=O)c1cccc([N+](=O)[O-])c1. The molecule has 7 heteroatoms. The molecule has 0 saturated carbocycles. The highest BCUT2D eigenvalue weighted by Crippen LogP contribution is 2.14.